The van der Waals surface area contributed by atoms with Crippen molar-refractivity contribution in [2.75, 3.05) is 0 Å². The van der Waals surface area contributed by atoms with Crippen LogP contribution in [0.15, 0.2) is 27.6 Å². The molecule has 3 heteroatoms. The predicted molar refractivity (Wildman–Crippen MR) is 50.7 cm³/mol. The van der Waals surface area contributed by atoms with E-state index >= 15 is 0 Å². The molecule has 1 rings (SSSR count). The van der Waals surface area contributed by atoms with E-state index in [4.69, 9.17) is 5.26 Å². The Morgan fingerprint density at radius 2 is 2.27 bits per heavy atom. The first-order valence-corrected chi connectivity index (χ1v) is 4.32. The molecule has 0 radical (unpaired) electrons. The summed E-state index contributed by atoms with van der Waals surface area (Å²) in [7, 11) is 0. The van der Waals surface area contributed by atoms with Gasteiger partial charge in [-0.2, -0.15) is 5.26 Å². The molecule has 0 aliphatic carbocycles. The van der Waals surface area contributed by atoms with Gasteiger partial charge < -0.3 is 0 Å². The summed E-state index contributed by atoms with van der Waals surface area (Å²) in [4.78, 5) is 0.895. The number of nitrogens with zero attached hydrogens (tertiary/aromatic N) is 1. The third-order valence-electron chi connectivity index (χ3n) is 1.30. The Labute approximate surface area is 79.6 Å². The Morgan fingerprint density at radius 1 is 1.55 bits per heavy atom. The number of hydrogen-bond donors (Lipinski definition) is 1. The molecule has 0 aromatic heterocycles. The fraction of sp³-hybridized carbons (Fsp3) is 0.125. The van der Waals surface area contributed by atoms with Gasteiger partial charge in [0.1, 0.15) is 0 Å². The Kier molecular flexibility index (Phi) is 2.98. The zero-order valence-electron chi connectivity index (χ0n) is 5.71. The van der Waals surface area contributed by atoms with Crippen LogP contribution in [0.3, 0.4) is 0 Å². The zero-order valence-corrected chi connectivity index (χ0v) is 8.19. The van der Waals surface area contributed by atoms with Crippen LogP contribution < -0.4 is 0 Å². The molecule has 0 saturated heterocycles. The van der Waals surface area contributed by atoms with Crippen molar-refractivity contribution in [1.29, 1.82) is 5.26 Å². The number of halogens is 1. The minimum Gasteiger partial charge on any atom is -0.198 e. The molecule has 1 aromatic rings. The molecule has 0 aliphatic rings. The van der Waals surface area contributed by atoms with Crippen molar-refractivity contribution in [3.63, 3.8) is 0 Å². The van der Waals surface area contributed by atoms with Gasteiger partial charge in [0.05, 0.1) is 12.5 Å². The highest BCUT2D eigenvalue weighted by molar-refractivity contribution is 9.10. The number of nitriles is 1. The Morgan fingerprint density at radius 3 is 2.82 bits per heavy atom. The lowest BCUT2D eigenvalue weighted by atomic mass is 10.2. The molecule has 0 amide bonds. The van der Waals surface area contributed by atoms with E-state index in [1.54, 1.807) is 0 Å². The van der Waals surface area contributed by atoms with E-state index in [2.05, 4.69) is 34.6 Å². The van der Waals surface area contributed by atoms with E-state index in [9.17, 15) is 0 Å². The SMILES string of the molecule is N#CCc1ccc(S)c(Br)c1. The van der Waals surface area contributed by atoms with Crippen molar-refractivity contribution in [3.05, 3.63) is 28.2 Å². The second-order valence-corrected chi connectivity index (χ2v) is 3.46. The maximum Gasteiger partial charge on any atom is 0.0669 e. The predicted octanol–water partition coefficient (Wildman–Crippen LogP) is 2.80. The van der Waals surface area contributed by atoms with Crippen molar-refractivity contribution in [2.45, 2.75) is 11.3 Å². The third kappa shape index (κ3) is 2.25. The highest BCUT2D eigenvalue weighted by atomic mass is 79.9. The highest BCUT2D eigenvalue weighted by Crippen LogP contribution is 2.21. The molecule has 0 heterocycles. The number of hydrogen-bond acceptors (Lipinski definition) is 2. The summed E-state index contributed by atoms with van der Waals surface area (Å²) in [6, 6.07) is 7.77. The van der Waals surface area contributed by atoms with Crippen LogP contribution in [0.4, 0.5) is 0 Å². The molecule has 56 valence electrons. The van der Waals surface area contributed by atoms with Gasteiger partial charge in [-0.15, -0.1) is 12.6 Å². The molecule has 0 aliphatic heterocycles. The highest BCUT2D eigenvalue weighted by Gasteiger charge is 1.96. The van der Waals surface area contributed by atoms with Crippen LogP contribution in [-0.2, 0) is 6.42 Å². The molecule has 11 heavy (non-hydrogen) atoms. The van der Waals surface area contributed by atoms with Crippen molar-refractivity contribution < 1.29 is 0 Å². The quantitative estimate of drug-likeness (QED) is 0.734. The maximum atomic E-state index is 8.40. The van der Waals surface area contributed by atoms with E-state index in [0.717, 1.165) is 14.9 Å². The van der Waals surface area contributed by atoms with Crippen LogP contribution in [0.2, 0.25) is 0 Å². The fourth-order valence-corrected chi connectivity index (χ4v) is 1.32. The smallest absolute Gasteiger partial charge is 0.0669 e. The van der Waals surface area contributed by atoms with Gasteiger partial charge in [0.25, 0.3) is 0 Å². The van der Waals surface area contributed by atoms with Crippen LogP contribution in [0, 0.1) is 11.3 Å². The monoisotopic (exact) mass is 227 g/mol. The number of rotatable bonds is 1. The van der Waals surface area contributed by atoms with Crippen molar-refractivity contribution >= 4 is 28.6 Å². The van der Waals surface area contributed by atoms with Crippen molar-refractivity contribution in [3.8, 4) is 6.07 Å². The molecule has 0 bridgehead atoms. The third-order valence-corrected chi connectivity index (χ3v) is 2.65. The minimum atomic E-state index is 0.451. The molecule has 1 nitrogen and oxygen atoms in total. The van der Waals surface area contributed by atoms with E-state index < -0.39 is 0 Å². The van der Waals surface area contributed by atoms with Gasteiger partial charge in [-0.1, -0.05) is 6.07 Å². The summed E-state index contributed by atoms with van der Waals surface area (Å²) in [5.74, 6) is 0. The van der Waals surface area contributed by atoms with Gasteiger partial charge in [-0.3, -0.25) is 0 Å². The lowest BCUT2D eigenvalue weighted by Gasteiger charge is -1.98. The molecular weight excluding hydrogens is 222 g/mol. The molecule has 0 saturated carbocycles. The summed E-state index contributed by atoms with van der Waals surface area (Å²) in [6.45, 7) is 0. The first-order chi connectivity index (χ1) is 5.24. The van der Waals surface area contributed by atoms with Gasteiger partial charge in [0, 0.05) is 9.37 Å². The standard InChI is InChI=1S/C8H6BrNS/c9-7-5-6(3-4-10)1-2-8(7)11/h1-2,5,11H,3H2. The lowest BCUT2D eigenvalue weighted by Crippen LogP contribution is -1.81. The average Bonchev–Trinajstić information content (AvgIpc) is 1.98. The number of benzene rings is 1. The molecule has 0 atom stereocenters. The van der Waals surface area contributed by atoms with Crippen molar-refractivity contribution in [1.82, 2.24) is 0 Å². The summed E-state index contributed by atoms with van der Waals surface area (Å²) < 4.78 is 0.939. The maximum absolute atomic E-state index is 8.40. The fourth-order valence-electron chi connectivity index (χ4n) is 0.752. The molecule has 0 N–H and O–H groups in total. The topological polar surface area (TPSA) is 23.8 Å². The van der Waals surface area contributed by atoms with Gasteiger partial charge in [-0.25, -0.2) is 0 Å². The molecule has 1 aromatic carbocycles. The largest absolute Gasteiger partial charge is 0.198 e. The van der Waals surface area contributed by atoms with Gasteiger partial charge in [0.15, 0.2) is 0 Å². The van der Waals surface area contributed by atoms with E-state index in [-0.39, 0.29) is 0 Å². The first-order valence-electron chi connectivity index (χ1n) is 3.08. The van der Waals surface area contributed by atoms with E-state index in [0.29, 0.717) is 6.42 Å². The Bertz CT molecular complexity index is 303. The first kappa shape index (κ1) is 8.63. The number of thiol groups is 1. The van der Waals surface area contributed by atoms with E-state index in [1.807, 2.05) is 18.2 Å². The van der Waals surface area contributed by atoms with Crippen molar-refractivity contribution in [2.24, 2.45) is 0 Å². The van der Waals surface area contributed by atoms with Gasteiger partial charge in [-0.05, 0) is 33.6 Å². The van der Waals surface area contributed by atoms with Gasteiger partial charge >= 0.3 is 0 Å². The summed E-state index contributed by atoms with van der Waals surface area (Å²) >= 11 is 7.51. The average molecular weight is 228 g/mol. The van der Waals surface area contributed by atoms with Crippen LogP contribution in [0.5, 0.6) is 0 Å². The second kappa shape index (κ2) is 3.80. The van der Waals surface area contributed by atoms with Crippen LogP contribution >= 0.6 is 28.6 Å². The minimum absolute atomic E-state index is 0.451. The van der Waals surface area contributed by atoms with Crippen LogP contribution in [0.25, 0.3) is 0 Å². The molecule has 0 fully saturated rings. The lowest BCUT2D eigenvalue weighted by molar-refractivity contribution is 1.23. The second-order valence-electron chi connectivity index (χ2n) is 2.12. The Hall–Kier alpha value is -0.460. The van der Waals surface area contributed by atoms with Gasteiger partial charge in [0.2, 0.25) is 0 Å². The Balaban J connectivity index is 2.98. The van der Waals surface area contributed by atoms with Crippen LogP contribution in [-0.4, -0.2) is 0 Å². The summed E-state index contributed by atoms with van der Waals surface area (Å²) in [5, 5.41) is 8.40. The summed E-state index contributed by atoms with van der Waals surface area (Å²) in [5.41, 5.74) is 1.01. The molecular formula is C8H6BrNS. The molecule has 0 unspecified atom stereocenters. The summed E-state index contributed by atoms with van der Waals surface area (Å²) in [6.07, 6.45) is 0.451. The zero-order chi connectivity index (χ0) is 8.27. The van der Waals surface area contributed by atoms with Crippen LogP contribution in [0.1, 0.15) is 5.56 Å². The molecule has 0 spiro atoms. The van der Waals surface area contributed by atoms with E-state index in [1.165, 1.54) is 0 Å². The normalized spacial score (nSPS) is 9.18.